The van der Waals surface area contributed by atoms with Crippen LogP contribution in [-0.2, 0) is 4.74 Å². The van der Waals surface area contributed by atoms with E-state index in [1.807, 2.05) is 0 Å². The van der Waals surface area contributed by atoms with E-state index >= 15 is 0 Å². The Kier molecular flexibility index (Phi) is 4.95. The zero-order valence-electron chi connectivity index (χ0n) is 12.1. The van der Waals surface area contributed by atoms with Gasteiger partial charge in [0.2, 0.25) is 5.95 Å². The molecule has 1 N–H and O–H groups in total. The second-order valence-electron chi connectivity index (χ2n) is 4.98. The highest BCUT2D eigenvalue weighted by Crippen LogP contribution is 2.24. The van der Waals surface area contributed by atoms with Crippen molar-refractivity contribution in [1.29, 1.82) is 0 Å². The summed E-state index contributed by atoms with van der Waals surface area (Å²) in [5.74, 6) is 0.271. The number of hydrogen-bond donors (Lipinski definition) is 1. The van der Waals surface area contributed by atoms with Gasteiger partial charge in [-0.3, -0.25) is 4.79 Å². The molecule has 1 saturated heterocycles. The molecule has 23 heavy (non-hydrogen) atoms. The van der Waals surface area contributed by atoms with E-state index in [0.717, 1.165) is 0 Å². The predicted molar refractivity (Wildman–Crippen MR) is 88.5 cm³/mol. The van der Waals surface area contributed by atoms with E-state index in [-0.39, 0.29) is 5.91 Å². The molecule has 0 aliphatic carbocycles. The predicted octanol–water partition coefficient (Wildman–Crippen LogP) is 3.00. The molecule has 0 unspecified atom stereocenters. The molecule has 1 amide bonds. The molecule has 1 fully saturated rings. The zero-order valence-corrected chi connectivity index (χ0v) is 13.6. The summed E-state index contributed by atoms with van der Waals surface area (Å²) < 4.78 is 5.23. The Balaban J connectivity index is 1.70. The zero-order chi connectivity index (χ0) is 16.2. The summed E-state index contributed by atoms with van der Waals surface area (Å²) in [6.45, 7) is 2.28. The van der Waals surface area contributed by atoms with Crippen molar-refractivity contribution in [2.45, 2.75) is 0 Å². The van der Waals surface area contributed by atoms with Crippen molar-refractivity contribution in [2.24, 2.45) is 0 Å². The first-order chi connectivity index (χ1) is 11.1. The minimum Gasteiger partial charge on any atom is -0.378 e. The highest BCUT2D eigenvalue weighted by molar-refractivity contribution is 6.35. The van der Waals surface area contributed by atoms with Crippen molar-refractivity contribution in [2.75, 3.05) is 31.6 Å². The molecule has 0 spiro atoms. The Bertz CT molecular complexity index is 683. The Morgan fingerprint density at radius 2 is 1.70 bits per heavy atom. The van der Waals surface area contributed by atoms with Crippen LogP contribution in [0.4, 0.5) is 11.6 Å². The summed E-state index contributed by atoms with van der Waals surface area (Å²) in [7, 11) is 0. The maximum Gasteiger partial charge on any atom is 0.257 e. The number of anilines is 2. The Morgan fingerprint density at radius 3 is 2.30 bits per heavy atom. The first kappa shape index (κ1) is 16.0. The van der Waals surface area contributed by atoms with Gasteiger partial charge in [0, 0.05) is 41.2 Å². The van der Waals surface area contributed by atoms with Gasteiger partial charge in [-0.2, -0.15) is 0 Å². The van der Waals surface area contributed by atoms with Crippen LogP contribution in [0.2, 0.25) is 10.0 Å². The van der Waals surface area contributed by atoms with Crippen LogP contribution in [0, 0.1) is 0 Å². The molecule has 3 rings (SSSR count). The van der Waals surface area contributed by atoms with Gasteiger partial charge in [-0.15, -0.1) is 0 Å². The Morgan fingerprint density at radius 1 is 1.09 bits per heavy atom. The number of nitrogens with zero attached hydrogens (tertiary/aromatic N) is 3. The number of rotatable bonds is 3. The molecule has 0 atom stereocenters. The number of carbonyl (C=O) groups is 1. The van der Waals surface area contributed by atoms with Crippen LogP contribution in [0.15, 0.2) is 30.6 Å². The minimum absolute atomic E-state index is 0.0920. The first-order valence-electron chi connectivity index (χ1n) is 7.04. The van der Waals surface area contributed by atoms with Crippen LogP contribution < -0.4 is 5.32 Å². The van der Waals surface area contributed by atoms with Crippen LogP contribution in [0.1, 0.15) is 10.4 Å². The molecule has 0 saturated carbocycles. The van der Waals surface area contributed by atoms with Crippen LogP contribution in [0.3, 0.4) is 0 Å². The van der Waals surface area contributed by atoms with E-state index in [9.17, 15) is 4.79 Å². The number of aromatic nitrogens is 2. The fraction of sp³-hybridized carbons (Fsp3) is 0.267. The quantitative estimate of drug-likeness (QED) is 0.919. The van der Waals surface area contributed by atoms with Crippen LogP contribution in [0.25, 0.3) is 0 Å². The molecule has 0 radical (unpaired) electrons. The minimum atomic E-state index is -0.0920. The third-order valence-electron chi connectivity index (χ3n) is 3.32. The van der Waals surface area contributed by atoms with Gasteiger partial charge in [0.15, 0.2) is 0 Å². The third kappa shape index (κ3) is 4.10. The Hall–Kier alpha value is -1.89. The largest absolute Gasteiger partial charge is 0.378 e. The van der Waals surface area contributed by atoms with Gasteiger partial charge in [0.05, 0.1) is 18.8 Å². The van der Waals surface area contributed by atoms with Gasteiger partial charge in [0.25, 0.3) is 5.91 Å². The van der Waals surface area contributed by atoms with Gasteiger partial charge in [-0.25, -0.2) is 9.97 Å². The maximum absolute atomic E-state index is 12.3. The van der Waals surface area contributed by atoms with Crippen molar-refractivity contribution < 1.29 is 9.53 Å². The highest BCUT2D eigenvalue weighted by atomic mass is 35.5. The maximum atomic E-state index is 12.3. The number of nitrogens with one attached hydrogen (secondary N) is 1. The van der Waals surface area contributed by atoms with Gasteiger partial charge >= 0.3 is 0 Å². The number of carbonyl (C=O) groups excluding carboxylic acids is 1. The SMILES string of the molecule is O=C(c1cnc(Nc2cc(Cl)cc(Cl)c2)nc1)N1CCOCC1. The molecule has 1 aliphatic rings. The normalized spacial score (nSPS) is 14.6. The Labute approximate surface area is 143 Å². The highest BCUT2D eigenvalue weighted by Gasteiger charge is 2.19. The monoisotopic (exact) mass is 352 g/mol. The van der Waals surface area contributed by atoms with E-state index < -0.39 is 0 Å². The fourth-order valence-corrected chi connectivity index (χ4v) is 2.73. The van der Waals surface area contributed by atoms with Crippen LogP contribution >= 0.6 is 23.2 Å². The van der Waals surface area contributed by atoms with Crippen molar-refractivity contribution in [3.05, 3.63) is 46.2 Å². The number of hydrogen-bond acceptors (Lipinski definition) is 5. The molecule has 8 heteroatoms. The van der Waals surface area contributed by atoms with E-state index in [2.05, 4.69) is 15.3 Å². The first-order valence-corrected chi connectivity index (χ1v) is 7.79. The van der Waals surface area contributed by atoms with Crippen molar-refractivity contribution in [1.82, 2.24) is 14.9 Å². The lowest BCUT2D eigenvalue weighted by Crippen LogP contribution is -2.40. The van der Waals surface area contributed by atoms with Crippen molar-refractivity contribution >= 4 is 40.7 Å². The average molecular weight is 353 g/mol. The molecule has 1 aliphatic heterocycles. The number of benzene rings is 1. The smallest absolute Gasteiger partial charge is 0.257 e. The topological polar surface area (TPSA) is 67.4 Å². The number of halogens is 2. The second-order valence-corrected chi connectivity index (χ2v) is 5.86. The standard InChI is InChI=1S/C15H14Cl2N4O2/c16-11-5-12(17)7-13(6-11)20-15-18-8-10(9-19-15)14(22)21-1-3-23-4-2-21/h5-9H,1-4H2,(H,18,19,20). The second kappa shape index (κ2) is 7.12. The summed E-state index contributed by atoms with van der Waals surface area (Å²) >= 11 is 11.9. The van der Waals surface area contributed by atoms with Crippen molar-refractivity contribution in [3.8, 4) is 0 Å². The number of amides is 1. The van der Waals surface area contributed by atoms with Gasteiger partial charge < -0.3 is 15.0 Å². The number of morpholine rings is 1. The lowest BCUT2D eigenvalue weighted by atomic mass is 10.3. The molecule has 1 aromatic carbocycles. The van der Waals surface area contributed by atoms with Crippen LogP contribution in [-0.4, -0.2) is 47.1 Å². The van der Waals surface area contributed by atoms with Gasteiger partial charge in [0.1, 0.15) is 0 Å². The summed E-state index contributed by atoms with van der Waals surface area (Å²) in [6, 6.07) is 5.06. The molecule has 6 nitrogen and oxygen atoms in total. The van der Waals surface area contributed by atoms with E-state index in [1.54, 1.807) is 23.1 Å². The lowest BCUT2D eigenvalue weighted by molar-refractivity contribution is 0.0302. The van der Waals surface area contributed by atoms with E-state index in [1.165, 1.54) is 12.4 Å². The molecule has 2 heterocycles. The molecular weight excluding hydrogens is 339 g/mol. The van der Waals surface area contributed by atoms with E-state index in [0.29, 0.717) is 53.5 Å². The third-order valence-corrected chi connectivity index (χ3v) is 3.75. The lowest BCUT2D eigenvalue weighted by Gasteiger charge is -2.26. The van der Waals surface area contributed by atoms with Gasteiger partial charge in [-0.1, -0.05) is 23.2 Å². The summed E-state index contributed by atoms with van der Waals surface area (Å²) in [5, 5.41) is 4.02. The molecule has 120 valence electrons. The molecular formula is C15H14Cl2N4O2. The number of ether oxygens (including phenoxy) is 1. The fourth-order valence-electron chi connectivity index (χ4n) is 2.21. The van der Waals surface area contributed by atoms with Crippen molar-refractivity contribution in [3.63, 3.8) is 0 Å². The summed E-state index contributed by atoms with van der Waals surface area (Å²) in [5.41, 5.74) is 1.12. The van der Waals surface area contributed by atoms with E-state index in [4.69, 9.17) is 27.9 Å². The van der Waals surface area contributed by atoms with Crippen LogP contribution in [0.5, 0.6) is 0 Å². The summed E-state index contributed by atoms with van der Waals surface area (Å²) in [4.78, 5) is 22.3. The molecule has 1 aromatic heterocycles. The molecule has 2 aromatic rings. The van der Waals surface area contributed by atoms with Gasteiger partial charge in [-0.05, 0) is 18.2 Å². The average Bonchev–Trinajstić information content (AvgIpc) is 2.55. The molecule has 0 bridgehead atoms. The summed E-state index contributed by atoms with van der Waals surface area (Å²) in [6.07, 6.45) is 3.00.